The van der Waals surface area contributed by atoms with E-state index in [4.69, 9.17) is 4.74 Å². The highest BCUT2D eigenvalue weighted by Gasteiger charge is 2.15. The SMILES string of the molecule is CCC/C=C/C=Nc1cc(-c2cc(C(=O)NCCN3CCOCC3)nn2C)ccc1C. The van der Waals surface area contributed by atoms with Crippen molar-refractivity contribution in [1.82, 2.24) is 20.0 Å². The molecule has 0 saturated carbocycles. The quantitative estimate of drug-likeness (QED) is 0.627. The third-order valence-corrected chi connectivity index (χ3v) is 5.33. The van der Waals surface area contributed by atoms with Crippen LogP contribution >= 0.6 is 0 Å². The van der Waals surface area contributed by atoms with Crippen LogP contribution in [0.25, 0.3) is 11.3 Å². The maximum absolute atomic E-state index is 12.6. The number of aromatic nitrogens is 2. The molecular formula is C24H33N5O2. The summed E-state index contributed by atoms with van der Waals surface area (Å²) in [6.07, 6.45) is 8.12. The second-order valence-electron chi connectivity index (χ2n) is 7.74. The first-order valence-corrected chi connectivity index (χ1v) is 11.0. The fraction of sp³-hybridized carbons (Fsp3) is 0.458. The highest BCUT2D eigenvalue weighted by molar-refractivity contribution is 5.93. The molecule has 1 amide bonds. The van der Waals surface area contributed by atoms with Crippen molar-refractivity contribution in [2.24, 2.45) is 12.0 Å². The van der Waals surface area contributed by atoms with Crippen molar-refractivity contribution >= 4 is 17.8 Å². The zero-order valence-electron chi connectivity index (χ0n) is 18.8. The Labute approximate surface area is 184 Å². The molecule has 7 heteroatoms. The van der Waals surface area contributed by atoms with Gasteiger partial charge in [-0.2, -0.15) is 5.10 Å². The van der Waals surface area contributed by atoms with Crippen molar-refractivity contribution in [3.8, 4) is 11.3 Å². The van der Waals surface area contributed by atoms with Crippen LogP contribution in [0, 0.1) is 6.92 Å². The molecule has 0 bridgehead atoms. The molecule has 0 unspecified atom stereocenters. The smallest absolute Gasteiger partial charge is 0.271 e. The van der Waals surface area contributed by atoms with E-state index in [0.29, 0.717) is 12.2 Å². The molecule has 1 saturated heterocycles. The Kier molecular flexibility index (Phi) is 8.55. The average molecular weight is 424 g/mol. The minimum Gasteiger partial charge on any atom is -0.379 e. The summed E-state index contributed by atoms with van der Waals surface area (Å²) < 4.78 is 7.10. The molecule has 166 valence electrons. The van der Waals surface area contributed by atoms with E-state index in [1.54, 1.807) is 4.68 Å². The van der Waals surface area contributed by atoms with Gasteiger partial charge in [0.1, 0.15) is 0 Å². The fourth-order valence-electron chi connectivity index (χ4n) is 3.45. The van der Waals surface area contributed by atoms with Gasteiger partial charge in [-0.15, -0.1) is 0 Å². The second kappa shape index (κ2) is 11.6. The fourth-order valence-corrected chi connectivity index (χ4v) is 3.45. The first-order valence-electron chi connectivity index (χ1n) is 11.0. The summed E-state index contributed by atoms with van der Waals surface area (Å²) in [4.78, 5) is 19.4. The van der Waals surface area contributed by atoms with E-state index in [1.165, 1.54) is 0 Å². The minimum atomic E-state index is -0.151. The number of benzene rings is 1. The van der Waals surface area contributed by atoms with E-state index in [1.807, 2.05) is 50.5 Å². The molecule has 7 nitrogen and oxygen atoms in total. The number of nitrogens with one attached hydrogen (secondary N) is 1. The third-order valence-electron chi connectivity index (χ3n) is 5.33. The molecule has 1 aliphatic heterocycles. The van der Waals surface area contributed by atoms with E-state index in [-0.39, 0.29) is 5.91 Å². The van der Waals surface area contributed by atoms with Crippen LogP contribution in [-0.4, -0.2) is 66.2 Å². The van der Waals surface area contributed by atoms with Gasteiger partial charge in [-0.25, -0.2) is 0 Å². The van der Waals surface area contributed by atoms with Crippen molar-refractivity contribution in [3.05, 3.63) is 47.7 Å². The number of aryl methyl sites for hydroxylation is 2. The topological polar surface area (TPSA) is 71.8 Å². The number of allylic oxidation sites excluding steroid dienone is 2. The summed E-state index contributed by atoms with van der Waals surface area (Å²) in [6, 6.07) is 7.96. The molecule has 0 aliphatic carbocycles. The summed E-state index contributed by atoms with van der Waals surface area (Å²) in [5.41, 5.74) is 4.31. The van der Waals surface area contributed by atoms with Crippen LogP contribution < -0.4 is 5.32 Å². The summed E-state index contributed by atoms with van der Waals surface area (Å²) in [6.45, 7) is 8.96. The molecule has 1 N–H and O–H groups in total. The van der Waals surface area contributed by atoms with Gasteiger partial charge in [0.25, 0.3) is 5.91 Å². The van der Waals surface area contributed by atoms with E-state index in [2.05, 4.69) is 33.3 Å². The molecule has 1 fully saturated rings. The lowest BCUT2D eigenvalue weighted by atomic mass is 10.1. The summed E-state index contributed by atoms with van der Waals surface area (Å²) in [5, 5.41) is 7.40. The Bertz CT molecular complexity index is 926. The Balaban J connectivity index is 1.65. The van der Waals surface area contributed by atoms with Crippen LogP contribution in [0.3, 0.4) is 0 Å². The Morgan fingerprint density at radius 2 is 2.10 bits per heavy atom. The van der Waals surface area contributed by atoms with Gasteiger partial charge < -0.3 is 10.1 Å². The number of unbranched alkanes of at least 4 members (excludes halogenated alkanes) is 1. The molecule has 0 spiro atoms. The van der Waals surface area contributed by atoms with Crippen molar-refractivity contribution in [2.75, 3.05) is 39.4 Å². The average Bonchev–Trinajstić information content (AvgIpc) is 3.17. The Morgan fingerprint density at radius 1 is 1.29 bits per heavy atom. The summed E-state index contributed by atoms with van der Waals surface area (Å²) in [7, 11) is 1.86. The normalized spacial score (nSPS) is 15.2. The van der Waals surface area contributed by atoms with Crippen LogP contribution in [0.5, 0.6) is 0 Å². The predicted molar refractivity (Wildman–Crippen MR) is 125 cm³/mol. The Hall–Kier alpha value is -2.77. The van der Waals surface area contributed by atoms with E-state index < -0.39 is 0 Å². The van der Waals surface area contributed by atoms with Gasteiger partial charge in [-0.05, 0) is 37.1 Å². The number of hydrogen-bond acceptors (Lipinski definition) is 5. The summed E-state index contributed by atoms with van der Waals surface area (Å²) >= 11 is 0. The number of morpholine rings is 1. The number of carbonyl (C=O) groups is 1. The monoisotopic (exact) mass is 423 g/mol. The molecule has 31 heavy (non-hydrogen) atoms. The standard InChI is InChI=1S/C24H33N5O2/c1-4-5-6-7-10-25-21-17-20(9-8-19(21)2)23-18-22(27-28(23)3)24(30)26-11-12-29-13-15-31-16-14-29/h6-10,17-18H,4-5,11-16H2,1-3H3,(H,26,30)/b7-6+,25-10?. The zero-order valence-corrected chi connectivity index (χ0v) is 18.8. The highest BCUT2D eigenvalue weighted by Crippen LogP contribution is 2.27. The van der Waals surface area contributed by atoms with Crippen molar-refractivity contribution in [3.63, 3.8) is 0 Å². The first-order chi connectivity index (χ1) is 15.1. The van der Waals surface area contributed by atoms with Crippen molar-refractivity contribution in [2.45, 2.75) is 26.7 Å². The van der Waals surface area contributed by atoms with Crippen LogP contribution in [0.4, 0.5) is 5.69 Å². The third kappa shape index (κ3) is 6.60. The van der Waals surface area contributed by atoms with Gasteiger partial charge in [-0.3, -0.25) is 19.4 Å². The van der Waals surface area contributed by atoms with Crippen LogP contribution in [-0.2, 0) is 11.8 Å². The Morgan fingerprint density at radius 3 is 2.87 bits per heavy atom. The molecule has 1 aromatic heterocycles. The number of hydrogen-bond donors (Lipinski definition) is 1. The lowest BCUT2D eigenvalue weighted by Gasteiger charge is -2.26. The minimum absolute atomic E-state index is 0.151. The van der Waals surface area contributed by atoms with E-state index in [9.17, 15) is 4.79 Å². The van der Waals surface area contributed by atoms with Crippen LogP contribution in [0.2, 0.25) is 0 Å². The molecule has 3 rings (SSSR count). The number of carbonyl (C=O) groups excluding carboxylic acids is 1. The van der Waals surface area contributed by atoms with Crippen LogP contribution in [0.15, 0.2) is 41.4 Å². The zero-order chi connectivity index (χ0) is 22.1. The largest absolute Gasteiger partial charge is 0.379 e. The maximum atomic E-state index is 12.6. The van der Waals surface area contributed by atoms with Gasteiger partial charge in [0.2, 0.25) is 0 Å². The van der Waals surface area contributed by atoms with Crippen molar-refractivity contribution < 1.29 is 9.53 Å². The van der Waals surface area contributed by atoms with Gasteiger partial charge in [0.05, 0.1) is 24.6 Å². The number of amides is 1. The first kappa shape index (κ1) is 22.9. The van der Waals surface area contributed by atoms with Gasteiger partial charge in [0.15, 0.2) is 5.69 Å². The van der Waals surface area contributed by atoms with Gasteiger partial charge in [-0.1, -0.05) is 31.6 Å². The molecule has 1 aliphatic rings. The van der Waals surface area contributed by atoms with Crippen LogP contribution in [0.1, 0.15) is 35.8 Å². The molecule has 0 radical (unpaired) electrons. The maximum Gasteiger partial charge on any atom is 0.271 e. The van der Waals surface area contributed by atoms with Crippen molar-refractivity contribution in [1.29, 1.82) is 0 Å². The lowest BCUT2D eigenvalue weighted by Crippen LogP contribution is -2.41. The molecule has 2 aromatic rings. The summed E-state index contributed by atoms with van der Waals surface area (Å²) in [5.74, 6) is -0.151. The predicted octanol–water partition coefficient (Wildman–Crippen LogP) is 3.52. The molecule has 0 atom stereocenters. The van der Waals surface area contributed by atoms with Gasteiger partial charge in [0, 0.05) is 45.0 Å². The lowest BCUT2D eigenvalue weighted by molar-refractivity contribution is 0.0383. The highest BCUT2D eigenvalue weighted by atomic mass is 16.5. The number of rotatable bonds is 9. The molecular weight excluding hydrogens is 390 g/mol. The van der Waals surface area contributed by atoms with E-state index in [0.717, 1.165) is 68.2 Å². The second-order valence-corrected chi connectivity index (χ2v) is 7.74. The molecule has 1 aromatic carbocycles. The van der Waals surface area contributed by atoms with Gasteiger partial charge >= 0.3 is 0 Å². The molecule has 2 heterocycles. The number of ether oxygens (including phenoxy) is 1. The number of aliphatic imine (C=N–C) groups is 1. The van der Waals surface area contributed by atoms with E-state index >= 15 is 0 Å². The number of nitrogens with zero attached hydrogens (tertiary/aromatic N) is 4.